The van der Waals surface area contributed by atoms with Crippen LogP contribution >= 0.6 is 0 Å². The van der Waals surface area contributed by atoms with Gasteiger partial charge in [-0.25, -0.2) is 0 Å². The van der Waals surface area contributed by atoms with E-state index in [0.29, 0.717) is 19.7 Å². The van der Waals surface area contributed by atoms with E-state index in [-0.39, 0.29) is 24.7 Å². The van der Waals surface area contributed by atoms with Crippen LogP contribution in [0.2, 0.25) is 0 Å². The number of aliphatic hydroxyl groups excluding tert-OH is 1. The zero-order valence-electron chi connectivity index (χ0n) is 10.2. The molecule has 2 N–H and O–H groups in total. The van der Waals surface area contributed by atoms with E-state index < -0.39 is 0 Å². The lowest BCUT2D eigenvalue weighted by atomic mass is 10.1. The molecule has 0 bridgehead atoms. The van der Waals surface area contributed by atoms with Crippen LogP contribution < -0.4 is 5.32 Å². The van der Waals surface area contributed by atoms with Crippen molar-refractivity contribution in [3.8, 4) is 0 Å². The predicted molar refractivity (Wildman–Crippen MR) is 63.7 cm³/mol. The quantitative estimate of drug-likeness (QED) is 0.700. The smallest absolute Gasteiger partial charge is 0.239 e. The Bertz CT molecular complexity index is 252. The van der Waals surface area contributed by atoms with Crippen LogP contribution in [-0.2, 0) is 9.53 Å². The van der Waals surface area contributed by atoms with Crippen molar-refractivity contribution < 1.29 is 14.6 Å². The van der Waals surface area contributed by atoms with E-state index in [1.165, 1.54) is 6.42 Å². The van der Waals surface area contributed by atoms with Gasteiger partial charge < -0.3 is 20.1 Å². The molecule has 0 radical (unpaired) electrons. The van der Waals surface area contributed by atoms with Crippen molar-refractivity contribution in [2.75, 3.05) is 32.8 Å². The highest BCUT2D eigenvalue weighted by Crippen LogP contribution is 2.13. The lowest BCUT2D eigenvalue weighted by molar-refractivity contribution is -0.142. The second-order valence-corrected chi connectivity index (χ2v) is 4.82. The largest absolute Gasteiger partial charge is 0.394 e. The van der Waals surface area contributed by atoms with Gasteiger partial charge in [0.2, 0.25) is 5.91 Å². The van der Waals surface area contributed by atoms with E-state index in [1.54, 1.807) is 0 Å². The highest BCUT2D eigenvalue weighted by Gasteiger charge is 2.29. The van der Waals surface area contributed by atoms with Crippen LogP contribution in [-0.4, -0.2) is 60.9 Å². The van der Waals surface area contributed by atoms with Crippen LogP contribution in [0.15, 0.2) is 0 Å². The highest BCUT2D eigenvalue weighted by atomic mass is 16.5. The van der Waals surface area contributed by atoms with Crippen LogP contribution in [0.1, 0.15) is 25.7 Å². The SMILES string of the molecule is O=C(C1CCCCCN1)N1CCOC(CO)C1. The van der Waals surface area contributed by atoms with E-state index in [9.17, 15) is 4.79 Å². The fourth-order valence-corrected chi connectivity index (χ4v) is 2.49. The molecule has 5 nitrogen and oxygen atoms in total. The van der Waals surface area contributed by atoms with Gasteiger partial charge in [0.1, 0.15) is 0 Å². The summed E-state index contributed by atoms with van der Waals surface area (Å²) in [6.45, 7) is 2.62. The summed E-state index contributed by atoms with van der Waals surface area (Å²) in [6.07, 6.45) is 4.21. The van der Waals surface area contributed by atoms with Crippen LogP contribution in [0.4, 0.5) is 0 Å². The third kappa shape index (κ3) is 3.40. The van der Waals surface area contributed by atoms with Gasteiger partial charge in [-0.1, -0.05) is 12.8 Å². The maximum atomic E-state index is 12.3. The molecular weight excluding hydrogens is 220 g/mol. The Morgan fingerprint density at radius 3 is 3.12 bits per heavy atom. The van der Waals surface area contributed by atoms with E-state index in [0.717, 1.165) is 25.8 Å². The molecule has 98 valence electrons. The van der Waals surface area contributed by atoms with Crippen molar-refractivity contribution in [1.29, 1.82) is 0 Å². The second-order valence-electron chi connectivity index (χ2n) is 4.82. The molecule has 5 heteroatoms. The van der Waals surface area contributed by atoms with Crippen LogP contribution in [0.3, 0.4) is 0 Å². The topological polar surface area (TPSA) is 61.8 Å². The van der Waals surface area contributed by atoms with Gasteiger partial charge in [-0.15, -0.1) is 0 Å². The minimum Gasteiger partial charge on any atom is -0.394 e. The van der Waals surface area contributed by atoms with Gasteiger partial charge >= 0.3 is 0 Å². The highest BCUT2D eigenvalue weighted by molar-refractivity contribution is 5.82. The van der Waals surface area contributed by atoms with Gasteiger partial charge in [-0.3, -0.25) is 4.79 Å². The zero-order chi connectivity index (χ0) is 12.1. The predicted octanol–water partition coefficient (Wildman–Crippen LogP) is -0.262. The Hall–Kier alpha value is -0.650. The molecule has 2 unspecified atom stereocenters. The standard InChI is InChI=1S/C12H22N2O3/c15-9-10-8-14(6-7-17-10)12(16)11-4-2-1-3-5-13-11/h10-11,13,15H,1-9H2. The molecule has 0 saturated carbocycles. The van der Waals surface area contributed by atoms with Crippen molar-refractivity contribution >= 4 is 5.91 Å². The third-order valence-corrected chi connectivity index (χ3v) is 3.51. The molecule has 1 amide bonds. The molecule has 2 aliphatic heterocycles. The first kappa shape index (κ1) is 12.8. The minimum atomic E-state index is -0.210. The Labute approximate surface area is 102 Å². The Balaban J connectivity index is 1.89. The summed E-state index contributed by atoms with van der Waals surface area (Å²) >= 11 is 0. The molecule has 17 heavy (non-hydrogen) atoms. The van der Waals surface area contributed by atoms with Crippen molar-refractivity contribution in [2.24, 2.45) is 0 Å². The molecule has 0 spiro atoms. The first-order chi connectivity index (χ1) is 8.31. The summed E-state index contributed by atoms with van der Waals surface area (Å²) in [5, 5.41) is 12.4. The minimum absolute atomic E-state index is 0.0120. The van der Waals surface area contributed by atoms with E-state index >= 15 is 0 Å². The fourth-order valence-electron chi connectivity index (χ4n) is 2.49. The molecule has 2 fully saturated rings. The van der Waals surface area contributed by atoms with E-state index in [1.807, 2.05) is 4.90 Å². The van der Waals surface area contributed by atoms with Crippen molar-refractivity contribution in [3.05, 3.63) is 0 Å². The molecule has 2 rings (SSSR count). The molecule has 0 aromatic carbocycles. The number of morpholine rings is 1. The number of nitrogens with zero attached hydrogens (tertiary/aromatic N) is 1. The maximum Gasteiger partial charge on any atom is 0.239 e. The molecular formula is C12H22N2O3. The Morgan fingerprint density at radius 2 is 2.29 bits per heavy atom. The summed E-state index contributed by atoms with van der Waals surface area (Å²) in [4.78, 5) is 14.1. The number of hydrogen-bond donors (Lipinski definition) is 2. The van der Waals surface area contributed by atoms with Gasteiger partial charge in [0.25, 0.3) is 0 Å². The van der Waals surface area contributed by atoms with Gasteiger partial charge in [-0.2, -0.15) is 0 Å². The first-order valence-corrected chi connectivity index (χ1v) is 6.56. The number of ether oxygens (including phenoxy) is 1. The summed E-state index contributed by atoms with van der Waals surface area (Å²) in [6, 6.07) is -0.0325. The lowest BCUT2D eigenvalue weighted by Gasteiger charge is -2.34. The molecule has 0 aromatic rings. The molecule has 2 atom stereocenters. The number of hydrogen-bond acceptors (Lipinski definition) is 4. The molecule has 0 aromatic heterocycles. The Morgan fingerprint density at radius 1 is 1.41 bits per heavy atom. The summed E-state index contributed by atoms with van der Waals surface area (Å²) in [5.41, 5.74) is 0. The average molecular weight is 242 g/mol. The van der Waals surface area contributed by atoms with E-state index in [2.05, 4.69) is 5.32 Å². The first-order valence-electron chi connectivity index (χ1n) is 6.56. The van der Waals surface area contributed by atoms with Gasteiger partial charge in [0.15, 0.2) is 0 Å². The number of carbonyl (C=O) groups excluding carboxylic acids is 1. The normalized spacial score (nSPS) is 31.0. The third-order valence-electron chi connectivity index (χ3n) is 3.51. The summed E-state index contributed by atoms with van der Waals surface area (Å²) in [7, 11) is 0. The average Bonchev–Trinajstić information content (AvgIpc) is 2.67. The van der Waals surface area contributed by atoms with Gasteiger partial charge in [-0.05, 0) is 19.4 Å². The van der Waals surface area contributed by atoms with Crippen molar-refractivity contribution in [2.45, 2.75) is 37.8 Å². The van der Waals surface area contributed by atoms with Crippen molar-refractivity contribution in [1.82, 2.24) is 10.2 Å². The zero-order valence-corrected chi connectivity index (χ0v) is 10.2. The molecule has 0 aliphatic carbocycles. The van der Waals surface area contributed by atoms with Crippen LogP contribution in [0.5, 0.6) is 0 Å². The Kier molecular flexibility index (Phi) is 4.76. The number of amides is 1. The fraction of sp³-hybridized carbons (Fsp3) is 0.917. The number of carbonyl (C=O) groups is 1. The molecule has 2 saturated heterocycles. The molecule has 2 heterocycles. The lowest BCUT2D eigenvalue weighted by Crippen LogP contribution is -2.53. The number of nitrogens with one attached hydrogen (secondary N) is 1. The van der Waals surface area contributed by atoms with Gasteiger partial charge in [0, 0.05) is 13.1 Å². The number of rotatable bonds is 2. The van der Waals surface area contributed by atoms with Crippen LogP contribution in [0.25, 0.3) is 0 Å². The van der Waals surface area contributed by atoms with E-state index in [4.69, 9.17) is 9.84 Å². The van der Waals surface area contributed by atoms with Crippen molar-refractivity contribution in [3.63, 3.8) is 0 Å². The van der Waals surface area contributed by atoms with Gasteiger partial charge in [0.05, 0.1) is 25.4 Å². The monoisotopic (exact) mass is 242 g/mol. The number of aliphatic hydroxyl groups is 1. The summed E-state index contributed by atoms with van der Waals surface area (Å²) in [5.74, 6) is 0.175. The molecule has 2 aliphatic rings. The maximum absolute atomic E-state index is 12.3. The second kappa shape index (κ2) is 6.33. The van der Waals surface area contributed by atoms with Crippen LogP contribution in [0, 0.1) is 0 Å². The summed E-state index contributed by atoms with van der Waals surface area (Å²) < 4.78 is 5.36.